The van der Waals surface area contributed by atoms with Crippen molar-refractivity contribution in [3.8, 4) is 5.75 Å². The number of para-hydroxylation sites is 1. The first-order chi connectivity index (χ1) is 7.43. The van der Waals surface area contributed by atoms with Crippen LogP contribution in [0.3, 0.4) is 0 Å². The lowest BCUT2D eigenvalue weighted by Gasteiger charge is -2.25. The van der Waals surface area contributed by atoms with Gasteiger partial charge in [-0.05, 0) is 6.07 Å². The van der Waals surface area contributed by atoms with Crippen LogP contribution in [0.4, 0.5) is 0 Å². The highest BCUT2D eigenvalue weighted by Gasteiger charge is 2.45. The van der Waals surface area contributed by atoms with E-state index in [2.05, 4.69) is 24.3 Å². The monoisotopic (exact) mass is 198 g/mol. The molecular weight excluding hydrogens is 188 g/mol. The van der Waals surface area contributed by atoms with Crippen LogP contribution in [-0.2, 0) is 4.74 Å². The summed E-state index contributed by atoms with van der Waals surface area (Å²) in [7, 11) is 0. The molecule has 3 aliphatic rings. The van der Waals surface area contributed by atoms with Crippen molar-refractivity contribution in [2.24, 2.45) is 0 Å². The molecular formula is C13H10O2. The van der Waals surface area contributed by atoms with Gasteiger partial charge in [-0.25, -0.2) is 0 Å². The third kappa shape index (κ3) is 0.876. The predicted octanol–water partition coefficient (Wildman–Crippen LogP) is 2.38. The molecule has 0 aliphatic carbocycles. The molecule has 0 N–H and O–H groups in total. The summed E-state index contributed by atoms with van der Waals surface area (Å²) in [6, 6.07) is 8.20. The minimum absolute atomic E-state index is 0.147. The summed E-state index contributed by atoms with van der Waals surface area (Å²) in [6.45, 7) is 0. The van der Waals surface area contributed by atoms with Crippen LogP contribution in [0.25, 0.3) is 0 Å². The lowest BCUT2D eigenvalue weighted by Crippen LogP contribution is -2.18. The van der Waals surface area contributed by atoms with Crippen LogP contribution in [0.15, 0.2) is 48.3 Å². The topological polar surface area (TPSA) is 18.5 Å². The maximum atomic E-state index is 5.82. The van der Waals surface area contributed by atoms with E-state index in [0.29, 0.717) is 5.92 Å². The molecule has 0 spiro atoms. The Balaban J connectivity index is 1.92. The summed E-state index contributed by atoms with van der Waals surface area (Å²) in [5.41, 5.74) is 2.52. The molecule has 2 bridgehead atoms. The molecule has 0 aromatic heterocycles. The Kier molecular flexibility index (Phi) is 1.30. The Hall–Kier alpha value is -1.54. The van der Waals surface area contributed by atoms with E-state index in [-0.39, 0.29) is 12.2 Å². The molecule has 0 amide bonds. The molecule has 0 saturated carbocycles. The third-order valence-electron chi connectivity index (χ3n) is 3.37. The van der Waals surface area contributed by atoms with E-state index in [0.717, 1.165) is 5.75 Å². The van der Waals surface area contributed by atoms with Gasteiger partial charge in [0, 0.05) is 17.1 Å². The molecule has 2 nitrogen and oxygen atoms in total. The van der Waals surface area contributed by atoms with Crippen LogP contribution in [0.5, 0.6) is 5.75 Å². The van der Waals surface area contributed by atoms with E-state index in [1.807, 2.05) is 18.4 Å². The van der Waals surface area contributed by atoms with Crippen molar-refractivity contribution in [2.45, 2.75) is 18.1 Å². The Bertz CT molecular complexity index is 487. The van der Waals surface area contributed by atoms with Gasteiger partial charge < -0.3 is 9.47 Å². The van der Waals surface area contributed by atoms with E-state index in [1.165, 1.54) is 11.1 Å². The van der Waals surface area contributed by atoms with Gasteiger partial charge >= 0.3 is 0 Å². The van der Waals surface area contributed by atoms with Crippen molar-refractivity contribution >= 4 is 0 Å². The maximum absolute atomic E-state index is 5.82. The number of fused-ring (bicyclic) bond motifs is 7. The standard InChI is InChI=1S/C13H10O2/c1-2-4-10-8(3-1)13-9(7-14-10)11-5-6-12(13)15-11/h1-7,11-13H/t11-,12+,13+/m1/s1. The summed E-state index contributed by atoms with van der Waals surface area (Å²) in [6.07, 6.45) is 6.50. The number of ether oxygens (including phenoxy) is 2. The summed E-state index contributed by atoms with van der Waals surface area (Å²) in [4.78, 5) is 0. The molecule has 1 aromatic rings. The van der Waals surface area contributed by atoms with E-state index in [1.54, 1.807) is 0 Å². The van der Waals surface area contributed by atoms with E-state index < -0.39 is 0 Å². The second kappa shape index (κ2) is 2.52. The smallest absolute Gasteiger partial charge is 0.130 e. The number of hydrogen-bond acceptors (Lipinski definition) is 2. The number of rotatable bonds is 0. The number of hydrogen-bond donors (Lipinski definition) is 0. The fraction of sp³-hybridized carbons (Fsp3) is 0.231. The first-order valence-electron chi connectivity index (χ1n) is 5.23. The highest BCUT2D eigenvalue weighted by Crippen LogP contribution is 2.49. The van der Waals surface area contributed by atoms with E-state index >= 15 is 0 Å². The molecule has 1 fully saturated rings. The summed E-state index contributed by atoms with van der Waals surface area (Å²) >= 11 is 0. The lowest BCUT2D eigenvalue weighted by molar-refractivity contribution is 0.122. The van der Waals surface area contributed by atoms with E-state index in [9.17, 15) is 0 Å². The van der Waals surface area contributed by atoms with E-state index in [4.69, 9.17) is 9.47 Å². The second-order valence-electron chi connectivity index (χ2n) is 4.16. The van der Waals surface area contributed by atoms with Gasteiger partial charge in [0.1, 0.15) is 11.9 Å². The summed E-state index contributed by atoms with van der Waals surface area (Å²) in [5, 5.41) is 0. The average Bonchev–Trinajstić information content (AvgIpc) is 2.89. The maximum Gasteiger partial charge on any atom is 0.130 e. The van der Waals surface area contributed by atoms with Crippen molar-refractivity contribution in [1.29, 1.82) is 0 Å². The molecule has 74 valence electrons. The molecule has 4 rings (SSSR count). The van der Waals surface area contributed by atoms with Gasteiger partial charge in [-0.2, -0.15) is 0 Å². The van der Waals surface area contributed by atoms with Gasteiger partial charge in [0.05, 0.1) is 12.4 Å². The quantitative estimate of drug-likeness (QED) is 0.596. The molecule has 2 heteroatoms. The van der Waals surface area contributed by atoms with Crippen molar-refractivity contribution in [1.82, 2.24) is 0 Å². The van der Waals surface area contributed by atoms with Crippen LogP contribution in [-0.4, -0.2) is 12.2 Å². The minimum atomic E-state index is 0.147. The molecule has 0 unspecified atom stereocenters. The van der Waals surface area contributed by atoms with Gasteiger partial charge in [0.25, 0.3) is 0 Å². The summed E-state index contributed by atoms with van der Waals surface area (Å²) < 4.78 is 11.4. The fourth-order valence-corrected chi connectivity index (χ4v) is 2.69. The molecule has 0 radical (unpaired) electrons. The van der Waals surface area contributed by atoms with Crippen LogP contribution in [0.1, 0.15) is 11.5 Å². The van der Waals surface area contributed by atoms with Crippen molar-refractivity contribution in [2.75, 3.05) is 0 Å². The van der Waals surface area contributed by atoms with Crippen LogP contribution in [0.2, 0.25) is 0 Å². The zero-order chi connectivity index (χ0) is 9.83. The van der Waals surface area contributed by atoms with Crippen molar-refractivity contribution in [3.63, 3.8) is 0 Å². The second-order valence-corrected chi connectivity index (χ2v) is 4.16. The predicted molar refractivity (Wildman–Crippen MR) is 55.7 cm³/mol. The number of benzene rings is 1. The lowest BCUT2D eigenvalue weighted by atomic mass is 9.82. The Morgan fingerprint density at radius 2 is 2.00 bits per heavy atom. The highest BCUT2D eigenvalue weighted by molar-refractivity contribution is 5.51. The minimum Gasteiger partial charge on any atom is -0.465 e. The molecule has 15 heavy (non-hydrogen) atoms. The Labute approximate surface area is 87.8 Å². The van der Waals surface area contributed by atoms with Gasteiger partial charge in [0.15, 0.2) is 0 Å². The fourth-order valence-electron chi connectivity index (χ4n) is 2.69. The van der Waals surface area contributed by atoms with Gasteiger partial charge in [0.2, 0.25) is 0 Å². The normalized spacial score (nSPS) is 34.4. The molecule has 1 aromatic carbocycles. The van der Waals surface area contributed by atoms with Crippen LogP contribution in [0, 0.1) is 0 Å². The Morgan fingerprint density at radius 1 is 1.07 bits per heavy atom. The average molecular weight is 198 g/mol. The van der Waals surface area contributed by atoms with Crippen molar-refractivity contribution < 1.29 is 9.47 Å². The van der Waals surface area contributed by atoms with Crippen LogP contribution < -0.4 is 4.74 Å². The van der Waals surface area contributed by atoms with Gasteiger partial charge in [-0.1, -0.05) is 30.4 Å². The summed E-state index contributed by atoms with van der Waals surface area (Å²) in [5.74, 6) is 1.35. The highest BCUT2D eigenvalue weighted by atomic mass is 16.5. The van der Waals surface area contributed by atoms with Gasteiger partial charge in [-0.3, -0.25) is 0 Å². The van der Waals surface area contributed by atoms with Crippen LogP contribution >= 0.6 is 0 Å². The first-order valence-corrected chi connectivity index (χ1v) is 5.23. The third-order valence-corrected chi connectivity index (χ3v) is 3.37. The van der Waals surface area contributed by atoms with Gasteiger partial charge in [-0.15, -0.1) is 0 Å². The largest absolute Gasteiger partial charge is 0.465 e. The Morgan fingerprint density at radius 3 is 3.00 bits per heavy atom. The SMILES string of the molecule is C1=C[C@H]2O[C@@H]1[C@@H]1C2=COc2ccccc21. The molecule has 3 heterocycles. The molecule has 3 atom stereocenters. The molecule has 1 saturated heterocycles. The molecule has 3 aliphatic heterocycles. The zero-order valence-electron chi connectivity index (χ0n) is 8.09. The van der Waals surface area contributed by atoms with Crippen molar-refractivity contribution in [3.05, 3.63) is 53.8 Å². The first kappa shape index (κ1) is 7.71. The zero-order valence-corrected chi connectivity index (χ0v) is 8.09.